The van der Waals surface area contributed by atoms with Gasteiger partial charge in [0.05, 0.1) is 22.9 Å². The number of ether oxygens (including phenoxy) is 1. The maximum atomic E-state index is 12.4. The van der Waals surface area contributed by atoms with Crippen molar-refractivity contribution < 1.29 is 22.7 Å². The Hall–Kier alpha value is -1.93. The maximum absolute atomic E-state index is 12.4. The number of pyridine rings is 1. The molecule has 25 heavy (non-hydrogen) atoms. The third kappa shape index (κ3) is 6.83. The molecule has 0 aliphatic carbocycles. The van der Waals surface area contributed by atoms with Crippen molar-refractivity contribution >= 4 is 29.3 Å². The molecule has 1 N–H and O–H groups in total. The van der Waals surface area contributed by atoms with E-state index in [2.05, 4.69) is 10.3 Å². The third-order valence-corrected chi connectivity index (χ3v) is 4.12. The minimum absolute atomic E-state index is 0.0549. The Morgan fingerprint density at radius 2 is 1.92 bits per heavy atom. The van der Waals surface area contributed by atoms with Crippen molar-refractivity contribution in [2.45, 2.75) is 11.2 Å². The largest absolute Gasteiger partial charge is 0.492 e. The molecule has 1 aromatic carbocycles. The summed E-state index contributed by atoms with van der Waals surface area (Å²) in [4.78, 5) is 15.4. The van der Waals surface area contributed by atoms with Gasteiger partial charge in [0, 0.05) is 11.2 Å². The first-order valence-electron chi connectivity index (χ1n) is 7.16. The predicted octanol–water partition coefficient (Wildman–Crippen LogP) is 4.04. The monoisotopic (exact) mass is 390 g/mol. The second-order valence-corrected chi connectivity index (χ2v) is 6.26. The molecule has 0 atom stereocenters. The van der Waals surface area contributed by atoms with Crippen molar-refractivity contribution in [3.8, 4) is 5.75 Å². The van der Waals surface area contributed by atoms with Crippen LogP contribution < -0.4 is 10.1 Å². The van der Waals surface area contributed by atoms with Gasteiger partial charge in [-0.05, 0) is 36.4 Å². The van der Waals surface area contributed by atoms with Crippen LogP contribution in [0.4, 0.5) is 13.2 Å². The van der Waals surface area contributed by atoms with Crippen LogP contribution in [0, 0.1) is 0 Å². The van der Waals surface area contributed by atoms with Gasteiger partial charge in [-0.15, -0.1) is 0 Å². The van der Waals surface area contributed by atoms with Gasteiger partial charge in [-0.2, -0.15) is 13.2 Å². The summed E-state index contributed by atoms with van der Waals surface area (Å²) in [6.07, 6.45) is -3.67. The second kappa shape index (κ2) is 8.96. The molecule has 1 heterocycles. The molecule has 0 unspecified atom stereocenters. The van der Waals surface area contributed by atoms with E-state index in [9.17, 15) is 18.0 Å². The van der Waals surface area contributed by atoms with E-state index < -0.39 is 11.7 Å². The second-order valence-electron chi connectivity index (χ2n) is 4.82. The number of hydrogen-bond acceptors (Lipinski definition) is 4. The number of amides is 1. The number of benzene rings is 1. The molecule has 0 radical (unpaired) electrons. The Bertz CT molecular complexity index is 694. The molecule has 0 saturated carbocycles. The first-order valence-corrected chi connectivity index (χ1v) is 8.52. The van der Waals surface area contributed by atoms with Crippen LogP contribution in [0.25, 0.3) is 0 Å². The standard InChI is InChI=1S/C16H14ClF3N2O2S/c17-12-2-4-13(5-3-12)24-8-7-21-14(23)10-25-15-6-1-11(9-22-15)16(18,19)20/h1-6,9H,7-8,10H2,(H,21,23). The van der Waals surface area contributed by atoms with Crippen molar-refractivity contribution in [2.24, 2.45) is 0 Å². The molecule has 1 aromatic heterocycles. The summed E-state index contributed by atoms with van der Waals surface area (Å²) in [5.41, 5.74) is -0.819. The van der Waals surface area contributed by atoms with Crippen LogP contribution in [0.2, 0.25) is 5.02 Å². The molecule has 1 amide bonds. The molecule has 2 aromatic rings. The molecule has 0 aliphatic heterocycles. The minimum atomic E-state index is -4.42. The Balaban J connectivity index is 1.66. The number of nitrogens with zero attached hydrogens (tertiary/aromatic N) is 1. The lowest BCUT2D eigenvalue weighted by Crippen LogP contribution is -2.29. The Morgan fingerprint density at radius 1 is 1.20 bits per heavy atom. The number of rotatable bonds is 7. The van der Waals surface area contributed by atoms with Gasteiger partial charge in [0.25, 0.3) is 0 Å². The molecule has 0 spiro atoms. The lowest BCUT2D eigenvalue weighted by molar-refractivity contribution is -0.137. The number of carbonyl (C=O) groups excluding carboxylic acids is 1. The fourth-order valence-corrected chi connectivity index (χ4v) is 2.51. The number of thioether (sulfide) groups is 1. The Kier molecular flexibility index (Phi) is 6.95. The Labute approximate surface area is 151 Å². The summed E-state index contributed by atoms with van der Waals surface area (Å²) in [5, 5.41) is 3.61. The molecule has 0 bridgehead atoms. The van der Waals surface area contributed by atoms with E-state index in [1.807, 2.05) is 0 Å². The fourth-order valence-electron chi connectivity index (χ4n) is 1.71. The number of hydrogen-bond donors (Lipinski definition) is 1. The maximum Gasteiger partial charge on any atom is 0.417 e. The van der Waals surface area contributed by atoms with Crippen LogP contribution in [0.1, 0.15) is 5.56 Å². The average Bonchev–Trinajstić information content (AvgIpc) is 2.58. The predicted molar refractivity (Wildman–Crippen MR) is 89.9 cm³/mol. The lowest BCUT2D eigenvalue weighted by atomic mass is 10.3. The van der Waals surface area contributed by atoms with E-state index in [4.69, 9.17) is 16.3 Å². The zero-order valence-electron chi connectivity index (χ0n) is 12.8. The molecule has 0 fully saturated rings. The summed E-state index contributed by atoms with van der Waals surface area (Å²) in [6.45, 7) is 0.596. The first kappa shape index (κ1) is 19.4. The smallest absolute Gasteiger partial charge is 0.417 e. The number of halogens is 4. The van der Waals surface area contributed by atoms with Crippen molar-refractivity contribution in [1.82, 2.24) is 10.3 Å². The third-order valence-electron chi connectivity index (χ3n) is 2.92. The fraction of sp³-hybridized carbons (Fsp3) is 0.250. The lowest BCUT2D eigenvalue weighted by Gasteiger charge is -2.08. The highest BCUT2D eigenvalue weighted by atomic mass is 35.5. The zero-order chi connectivity index (χ0) is 18.3. The highest BCUT2D eigenvalue weighted by Gasteiger charge is 2.30. The first-order chi connectivity index (χ1) is 11.8. The van der Waals surface area contributed by atoms with E-state index in [0.29, 0.717) is 22.3 Å². The number of aromatic nitrogens is 1. The van der Waals surface area contributed by atoms with Gasteiger partial charge in [-0.1, -0.05) is 23.4 Å². The minimum Gasteiger partial charge on any atom is -0.492 e. The van der Waals surface area contributed by atoms with Crippen LogP contribution in [0.3, 0.4) is 0 Å². The zero-order valence-corrected chi connectivity index (χ0v) is 14.4. The molecule has 0 saturated heterocycles. The van der Waals surface area contributed by atoms with Crippen LogP contribution in [0.5, 0.6) is 5.75 Å². The number of carbonyl (C=O) groups is 1. The van der Waals surface area contributed by atoms with Gasteiger partial charge in [0.2, 0.25) is 5.91 Å². The highest BCUT2D eigenvalue weighted by molar-refractivity contribution is 7.99. The Morgan fingerprint density at radius 3 is 2.52 bits per heavy atom. The number of alkyl halides is 3. The van der Waals surface area contributed by atoms with Crippen molar-refractivity contribution in [2.75, 3.05) is 18.9 Å². The summed E-state index contributed by atoms with van der Waals surface area (Å²) in [6, 6.07) is 9.01. The molecule has 0 aliphatic rings. The van der Waals surface area contributed by atoms with Crippen molar-refractivity contribution in [1.29, 1.82) is 0 Å². The summed E-state index contributed by atoms with van der Waals surface area (Å²) >= 11 is 6.81. The topological polar surface area (TPSA) is 51.2 Å². The van der Waals surface area contributed by atoms with Gasteiger partial charge in [-0.3, -0.25) is 4.79 Å². The van der Waals surface area contributed by atoms with Gasteiger partial charge >= 0.3 is 6.18 Å². The number of nitrogens with one attached hydrogen (secondary N) is 1. The highest BCUT2D eigenvalue weighted by Crippen LogP contribution is 2.29. The van der Waals surface area contributed by atoms with Crippen LogP contribution in [0.15, 0.2) is 47.6 Å². The van der Waals surface area contributed by atoms with Gasteiger partial charge in [0.15, 0.2) is 0 Å². The quantitative estimate of drug-likeness (QED) is 0.572. The van der Waals surface area contributed by atoms with E-state index >= 15 is 0 Å². The van der Waals surface area contributed by atoms with Crippen LogP contribution >= 0.6 is 23.4 Å². The molecule has 9 heteroatoms. The van der Waals surface area contributed by atoms with E-state index in [-0.39, 0.29) is 18.3 Å². The van der Waals surface area contributed by atoms with Crippen LogP contribution in [-0.2, 0) is 11.0 Å². The molecule has 2 rings (SSSR count). The summed E-state index contributed by atoms with van der Waals surface area (Å²) in [5.74, 6) is 0.438. The normalized spacial score (nSPS) is 11.2. The molecular formula is C16H14ClF3N2O2S. The SMILES string of the molecule is O=C(CSc1ccc(C(F)(F)F)cn1)NCCOc1ccc(Cl)cc1. The van der Waals surface area contributed by atoms with Gasteiger partial charge < -0.3 is 10.1 Å². The summed E-state index contributed by atoms with van der Waals surface area (Å²) < 4.78 is 42.7. The van der Waals surface area contributed by atoms with Crippen molar-refractivity contribution in [3.05, 3.63) is 53.2 Å². The molecule has 4 nitrogen and oxygen atoms in total. The van der Waals surface area contributed by atoms with Gasteiger partial charge in [0.1, 0.15) is 12.4 Å². The van der Waals surface area contributed by atoms with Crippen molar-refractivity contribution in [3.63, 3.8) is 0 Å². The van der Waals surface area contributed by atoms with Crippen LogP contribution in [-0.4, -0.2) is 29.8 Å². The molecule has 134 valence electrons. The van der Waals surface area contributed by atoms with E-state index in [1.165, 1.54) is 6.07 Å². The summed E-state index contributed by atoms with van der Waals surface area (Å²) in [7, 11) is 0. The van der Waals surface area contributed by atoms with E-state index in [0.717, 1.165) is 24.0 Å². The average molecular weight is 391 g/mol. The van der Waals surface area contributed by atoms with Gasteiger partial charge in [-0.25, -0.2) is 4.98 Å². The molecular weight excluding hydrogens is 377 g/mol. The van der Waals surface area contributed by atoms with E-state index in [1.54, 1.807) is 24.3 Å².